The number of para-hydroxylation sites is 1. The fourth-order valence-corrected chi connectivity index (χ4v) is 3.22. The summed E-state index contributed by atoms with van der Waals surface area (Å²) in [5.41, 5.74) is 3.01. The summed E-state index contributed by atoms with van der Waals surface area (Å²) in [4.78, 5) is 1.58. The summed E-state index contributed by atoms with van der Waals surface area (Å²) in [5, 5.41) is 0. The van der Waals surface area contributed by atoms with Gasteiger partial charge in [0.25, 0.3) is 0 Å². The molecule has 1 unspecified atom stereocenters. The number of quaternary nitrogens is 1. The first-order chi connectivity index (χ1) is 10.7. The summed E-state index contributed by atoms with van der Waals surface area (Å²) in [6.45, 7) is 8.14. The van der Waals surface area contributed by atoms with E-state index in [1.165, 1.54) is 75.6 Å². The molecule has 0 amide bonds. The highest BCUT2D eigenvalue weighted by Crippen LogP contribution is 2.20. The Balaban J connectivity index is 2.17. The van der Waals surface area contributed by atoms with Crippen LogP contribution in [-0.2, 0) is 0 Å². The highest BCUT2D eigenvalue weighted by atomic mass is 15.1. The molecule has 1 aromatic carbocycles. The van der Waals surface area contributed by atoms with E-state index in [1.807, 2.05) is 0 Å². The molecule has 0 fully saturated rings. The molecule has 0 spiro atoms. The van der Waals surface area contributed by atoms with Gasteiger partial charge in [-0.15, -0.1) is 0 Å². The van der Waals surface area contributed by atoms with Gasteiger partial charge in [0.1, 0.15) is 5.69 Å². The van der Waals surface area contributed by atoms with Crippen LogP contribution in [0.2, 0.25) is 0 Å². The van der Waals surface area contributed by atoms with Gasteiger partial charge in [-0.1, -0.05) is 83.9 Å². The zero-order valence-corrected chi connectivity index (χ0v) is 15.5. The molecule has 0 saturated carbocycles. The zero-order chi connectivity index (χ0) is 16.2. The topological polar surface area (TPSA) is 4.44 Å². The fourth-order valence-electron chi connectivity index (χ4n) is 3.22. The van der Waals surface area contributed by atoms with Gasteiger partial charge >= 0.3 is 0 Å². The molecule has 0 aromatic heterocycles. The summed E-state index contributed by atoms with van der Waals surface area (Å²) in [5.74, 6) is 0.620. The second-order valence-corrected chi connectivity index (χ2v) is 7.10. The van der Waals surface area contributed by atoms with Gasteiger partial charge in [0, 0.05) is 5.56 Å². The van der Waals surface area contributed by atoms with E-state index in [2.05, 4.69) is 52.1 Å². The molecule has 0 saturated heterocycles. The Bertz CT molecular complexity index is 383. The van der Waals surface area contributed by atoms with E-state index in [0.717, 1.165) is 0 Å². The van der Waals surface area contributed by atoms with E-state index >= 15 is 0 Å². The molecule has 0 aliphatic heterocycles. The minimum atomic E-state index is 0.620. The number of hydrogen-bond donors (Lipinski definition) is 1. The molecule has 1 nitrogen and oxygen atoms in total. The second-order valence-electron chi connectivity index (χ2n) is 7.10. The van der Waals surface area contributed by atoms with Crippen molar-refractivity contribution in [3.05, 3.63) is 29.8 Å². The average Bonchev–Trinajstić information content (AvgIpc) is 2.53. The van der Waals surface area contributed by atoms with Gasteiger partial charge in [-0.05, 0) is 24.8 Å². The maximum Gasteiger partial charge on any atom is 0.134 e. The van der Waals surface area contributed by atoms with Gasteiger partial charge < -0.3 is 4.90 Å². The molecule has 1 rings (SSSR count). The monoisotopic (exact) mass is 304 g/mol. The molecule has 0 heterocycles. The van der Waals surface area contributed by atoms with Crippen LogP contribution in [0.15, 0.2) is 24.3 Å². The van der Waals surface area contributed by atoms with Gasteiger partial charge in [-0.25, -0.2) is 0 Å². The van der Waals surface area contributed by atoms with Crippen molar-refractivity contribution in [2.24, 2.45) is 0 Å². The second kappa shape index (κ2) is 11.7. The van der Waals surface area contributed by atoms with E-state index in [4.69, 9.17) is 0 Å². The van der Waals surface area contributed by atoms with Crippen LogP contribution in [0.25, 0.3) is 0 Å². The van der Waals surface area contributed by atoms with Crippen molar-refractivity contribution in [2.75, 3.05) is 13.6 Å². The molecular weight excluding hydrogens is 266 g/mol. The van der Waals surface area contributed by atoms with Crippen LogP contribution in [0, 0.1) is 0 Å². The third kappa shape index (κ3) is 7.45. The Morgan fingerprint density at radius 1 is 0.818 bits per heavy atom. The fraction of sp³-hybridized carbons (Fsp3) is 0.714. The summed E-state index contributed by atoms with van der Waals surface area (Å²) >= 11 is 0. The summed E-state index contributed by atoms with van der Waals surface area (Å²) in [6.07, 6.45) is 12.7. The van der Waals surface area contributed by atoms with Crippen molar-refractivity contribution in [1.29, 1.82) is 0 Å². The first-order valence-electron chi connectivity index (χ1n) is 9.58. The molecule has 1 aromatic rings. The van der Waals surface area contributed by atoms with Gasteiger partial charge in [0.05, 0.1) is 13.6 Å². The van der Waals surface area contributed by atoms with Crippen molar-refractivity contribution in [3.8, 4) is 0 Å². The van der Waals surface area contributed by atoms with E-state index in [0.29, 0.717) is 5.92 Å². The Hall–Kier alpha value is -0.820. The lowest BCUT2D eigenvalue weighted by molar-refractivity contribution is -0.810. The van der Waals surface area contributed by atoms with E-state index in [1.54, 1.807) is 4.90 Å². The Labute approximate surface area is 139 Å². The number of unbranched alkanes of at least 4 members (excludes halogenated alkanes) is 8. The van der Waals surface area contributed by atoms with Crippen LogP contribution in [0.1, 0.15) is 90.0 Å². The minimum Gasteiger partial charge on any atom is -0.305 e. The molecule has 1 N–H and O–H groups in total. The zero-order valence-electron chi connectivity index (χ0n) is 15.5. The molecule has 126 valence electrons. The number of rotatable bonds is 12. The first kappa shape index (κ1) is 19.2. The number of hydrogen-bond acceptors (Lipinski definition) is 0. The predicted molar refractivity (Wildman–Crippen MR) is 99.2 cm³/mol. The summed E-state index contributed by atoms with van der Waals surface area (Å²) in [7, 11) is 2.33. The molecule has 0 bridgehead atoms. The van der Waals surface area contributed by atoms with Crippen LogP contribution in [-0.4, -0.2) is 13.6 Å². The lowest BCUT2D eigenvalue weighted by Gasteiger charge is -2.18. The van der Waals surface area contributed by atoms with Crippen molar-refractivity contribution in [3.63, 3.8) is 0 Å². The van der Waals surface area contributed by atoms with Crippen LogP contribution in [0.5, 0.6) is 0 Å². The minimum absolute atomic E-state index is 0.620. The van der Waals surface area contributed by atoms with Crippen molar-refractivity contribution in [1.82, 2.24) is 0 Å². The molecular formula is C21H38N+. The summed E-state index contributed by atoms with van der Waals surface area (Å²) in [6, 6.07) is 8.95. The summed E-state index contributed by atoms with van der Waals surface area (Å²) < 4.78 is 0. The van der Waals surface area contributed by atoms with Gasteiger partial charge in [-0.3, -0.25) is 0 Å². The highest BCUT2D eigenvalue weighted by Gasteiger charge is 2.13. The van der Waals surface area contributed by atoms with Crippen LogP contribution in [0.3, 0.4) is 0 Å². The standard InChI is InChI=1S/C21H37N/c1-5-6-7-8-9-10-11-12-15-18-22(4)21-17-14-13-16-20(21)19(2)3/h13-14,16-17,19H,5-12,15,18H2,1-4H3/p+1. The van der Waals surface area contributed by atoms with Crippen molar-refractivity contribution in [2.45, 2.75) is 84.5 Å². The lowest BCUT2D eigenvalue weighted by atomic mass is 10.0. The van der Waals surface area contributed by atoms with E-state index in [9.17, 15) is 0 Å². The van der Waals surface area contributed by atoms with E-state index in [-0.39, 0.29) is 0 Å². The number of nitrogens with one attached hydrogen (secondary N) is 1. The van der Waals surface area contributed by atoms with Crippen LogP contribution >= 0.6 is 0 Å². The van der Waals surface area contributed by atoms with Gasteiger partial charge in [0.2, 0.25) is 0 Å². The molecule has 1 heteroatoms. The third-order valence-electron chi connectivity index (χ3n) is 4.70. The average molecular weight is 305 g/mol. The van der Waals surface area contributed by atoms with Gasteiger partial charge in [0.15, 0.2) is 0 Å². The lowest BCUT2D eigenvalue weighted by Crippen LogP contribution is -3.04. The van der Waals surface area contributed by atoms with Crippen molar-refractivity contribution < 1.29 is 4.90 Å². The maximum absolute atomic E-state index is 2.33. The van der Waals surface area contributed by atoms with Crippen LogP contribution in [0.4, 0.5) is 5.69 Å². The Morgan fingerprint density at radius 2 is 1.36 bits per heavy atom. The normalized spacial score (nSPS) is 12.8. The smallest absolute Gasteiger partial charge is 0.134 e. The number of benzene rings is 1. The Kier molecular flexibility index (Phi) is 10.2. The molecule has 0 aliphatic carbocycles. The van der Waals surface area contributed by atoms with Gasteiger partial charge in [-0.2, -0.15) is 0 Å². The largest absolute Gasteiger partial charge is 0.305 e. The predicted octanol–water partition coefficient (Wildman–Crippen LogP) is 5.49. The van der Waals surface area contributed by atoms with E-state index < -0.39 is 0 Å². The van der Waals surface area contributed by atoms with Crippen LogP contribution < -0.4 is 4.90 Å². The quantitative estimate of drug-likeness (QED) is 0.487. The highest BCUT2D eigenvalue weighted by molar-refractivity contribution is 5.41. The van der Waals surface area contributed by atoms with Crippen molar-refractivity contribution >= 4 is 5.69 Å². The Morgan fingerprint density at radius 3 is 1.95 bits per heavy atom. The SMILES string of the molecule is CCCCCCCCCCC[NH+](C)c1ccccc1C(C)C. The molecule has 0 aliphatic rings. The molecule has 0 radical (unpaired) electrons. The maximum atomic E-state index is 2.33. The molecule has 1 atom stereocenters. The first-order valence-corrected chi connectivity index (χ1v) is 9.58. The molecule has 22 heavy (non-hydrogen) atoms. The third-order valence-corrected chi connectivity index (χ3v) is 4.70.